The number of hydrogen-bond acceptors (Lipinski definition) is 3. The molecule has 12 heavy (non-hydrogen) atoms. The van der Waals surface area contributed by atoms with Gasteiger partial charge in [-0.1, -0.05) is 0 Å². The zero-order valence-electron chi connectivity index (χ0n) is 7.37. The highest BCUT2D eigenvalue weighted by Gasteiger charge is 2.16. The number of aryl methyl sites for hydroxylation is 1. The maximum atomic E-state index is 5.47. The van der Waals surface area contributed by atoms with E-state index >= 15 is 0 Å². The van der Waals surface area contributed by atoms with Gasteiger partial charge in [0.25, 0.3) is 0 Å². The summed E-state index contributed by atoms with van der Waals surface area (Å²) >= 11 is 0. The van der Waals surface area contributed by atoms with E-state index in [0.29, 0.717) is 0 Å². The van der Waals surface area contributed by atoms with Crippen molar-refractivity contribution in [1.82, 2.24) is 4.98 Å². The van der Waals surface area contributed by atoms with Crippen molar-refractivity contribution in [3.63, 3.8) is 0 Å². The van der Waals surface area contributed by atoms with Gasteiger partial charge in [-0.2, -0.15) is 0 Å². The smallest absolute Gasteiger partial charge is 0.161 e. The monoisotopic (exact) mass is 164 g/mol. The number of anilines is 1. The minimum Gasteiger partial charge on any atom is -0.488 e. The van der Waals surface area contributed by atoms with E-state index < -0.39 is 0 Å². The molecule has 3 heteroatoms. The summed E-state index contributed by atoms with van der Waals surface area (Å²) in [4.78, 5) is 6.28. The maximum absolute atomic E-state index is 5.47. The number of nitrogens with zero attached hydrogens (tertiary/aromatic N) is 2. The lowest BCUT2D eigenvalue weighted by atomic mass is 10.2. The lowest BCUT2D eigenvalue weighted by molar-refractivity contribution is 0.309. The Morgan fingerprint density at radius 3 is 3.08 bits per heavy atom. The lowest BCUT2D eigenvalue weighted by Gasteiger charge is -2.28. The fourth-order valence-corrected chi connectivity index (χ4v) is 1.53. The molecule has 0 amide bonds. The topological polar surface area (TPSA) is 25.4 Å². The highest BCUT2D eigenvalue weighted by atomic mass is 16.5. The van der Waals surface area contributed by atoms with Crippen LogP contribution in [0.15, 0.2) is 12.4 Å². The van der Waals surface area contributed by atoms with E-state index in [4.69, 9.17) is 4.74 Å². The number of aromatic nitrogens is 1. The Morgan fingerprint density at radius 2 is 2.33 bits per heavy atom. The molecule has 1 aliphatic rings. The van der Waals surface area contributed by atoms with Crippen molar-refractivity contribution in [2.45, 2.75) is 6.92 Å². The third kappa shape index (κ3) is 1.02. The van der Waals surface area contributed by atoms with Gasteiger partial charge in [0.15, 0.2) is 5.75 Å². The summed E-state index contributed by atoms with van der Waals surface area (Å²) in [7, 11) is 2.08. The zero-order chi connectivity index (χ0) is 8.55. The van der Waals surface area contributed by atoms with E-state index in [-0.39, 0.29) is 0 Å². The molecule has 0 bridgehead atoms. The molecule has 0 saturated heterocycles. The van der Waals surface area contributed by atoms with Gasteiger partial charge in [-0.3, -0.25) is 4.98 Å². The summed E-state index contributed by atoms with van der Waals surface area (Å²) in [6.45, 7) is 3.77. The predicted octanol–water partition coefficient (Wildman–Crippen LogP) is 1.22. The first-order valence-corrected chi connectivity index (χ1v) is 4.07. The van der Waals surface area contributed by atoms with Crippen LogP contribution in [-0.4, -0.2) is 25.2 Å². The molecule has 0 aromatic carbocycles. The number of fused-ring (bicyclic) bond motifs is 1. The van der Waals surface area contributed by atoms with Crippen LogP contribution < -0.4 is 9.64 Å². The summed E-state index contributed by atoms with van der Waals surface area (Å²) in [6, 6.07) is 0. The van der Waals surface area contributed by atoms with Gasteiger partial charge >= 0.3 is 0 Å². The van der Waals surface area contributed by atoms with Crippen molar-refractivity contribution in [2.75, 3.05) is 25.1 Å². The van der Waals surface area contributed by atoms with Crippen LogP contribution >= 0.6 is 0 Å². The summed E-state index contributed by atoms with van der Waals surface area (Å²) in [5.74, 6) is 0.906. The summed E-state index contributed by atoms with van der Waals surface area (Å²) in [6.07, 6.45) is 3.64. The molecule has 0 N–H and O–H groups in total. The summed E-state index contributed by atoms with van der Waals surface area (Å²) in [5, 5.41) is 0. The molecule has 0 unspecified atom stereocenters. The molecule has 1 aromatic rings. The molecular weight excluding hydrogens is 152 g/mol. The highest BCUT2D eigenvalue weighted by molar-refractivity contribution is 5.62. The van der Waals surface area contributed by atoms with Crippen molar-refractivity contribution < 1.29 is 4.74 Å². The second-order valence-corrected chi connectivity index (χ2v) is 3.07. The van der Waals surface area contributed by atoms with Crippen molar-refractivity contribution in [1.29, 1.82) is 0 Å². The molecule has 0 fully saturated rings. The number of pyridine rings is 1. The minimum atomic E-state index is 0.759. The van der Waals surface area contributed by atoms with Crippen LogP contribution in [-0.2, 0) is 0 Å². The average molecular weight is 164 g/mol. The number of rotatable bonds is 0. The quantitative estimate of drug-likeness (QED) is 0.576. The standard InChI is InChI=1S/C9H12N2O/c1-7-5-10-6-8-9(7)11(2)3-4-12-8/h5-6H,3-4H2,1-2H3. The van der Waals surface area contributed by atoms with Crippen molar-refractivity contribution in [3.8, 4) is 5.75 Å². The van der Waals surface area contributed by atoms with Crippen LogP contribution in [0.4, 0.5) is 5.69 Å². The second-order valence-electron chi connectivity index (χ2n) is 3.07. The number of likely N-dealkylation sites (N-methyl/N-ethyl adjacent to an activating group) is 1. The molecule has 0 saturated carbocycles. The highest BCUT2D eigenvalue weighted by Crippen LogP contribution is 2.32. The molecule has 0 aliphatic carbocycles. The van der Waals surface area contributed by atoms with Crippen LogP contribution in [0.5, 0.6) is 5.75 Å². The molecule has 2 rings (SSSR count). The molecule has 1 aromatic heterocycles. The van der Waals surface area contributed by atoms with Gasteiger partial charge in [0.2, 0.25) is 0 Å². The third-order valence-electron chi connectivity index (χ3n) is 2.13. The van der Waals surface area contributed by atoms with E-state index in [9.17, 15) is 0 Å². The molecule has 0 atom stereocenters. The van der Waals surface area contributed by atoms with Crippen molar-refractivity contribution >= 4 is 5.69 Å². The Morgan fingerprint density at radius 1 is 1.50 bits per heavy atom. The largest absolute Gasteiger partial charge is 0.488 e. The zero-order valence-corrected chi connectivity index (χ0v) is 7.37. The normalized spacial score (nSPS) is 15.3. The number of hydrogen-bond donors (Lipinski definition) is 0. The molecule has 3 nitrogen and oxygen atoms in total. The first-order chi connectivity index (χ1) is 5.79. The maximum Gasteiger partial charge on any atom is 0.161 e. The van der Waals surface area contributed by atoms with Crippen LogP contribution in [0.1, 0.15) is 5.56 Å². The molecule has 64 valence electrons. The van der Waals surface area contributed by atoms with Crippen molar-refractivity contribution in [2.24, 2.45) is 0 Å². The van der Waals surface area contributed by atoms with Crippen LogP contribution in [0, 0.1) is 6.92 Å². The fraction of sp³-hybridized carbons (Fsp3) is 0.444. The van der Waals surface area contributed by atoms with Gasteiger partial charge in [0.1, 0.15) is 6.61 Å². The fourth-order valence-electron chi connectivity index (χ4n) is 1.53. The Bertz CT molecular complexity index is 299. The third-order valence-corrected chi connectivity index (χ3v) is 2.13. The first kappa shape index (κ1) is 7.40. The summed E-state index contributed by atoms with van der Waals surface area (Å²) in [5.41, 5.74) is 2.35. The molecule has 1 aliphatic heterocycles. The lowest BCUT2D eigenvalue weighted by Crippen LogP contribution is -2.29. The van der Waals surface area contributed by atoms with Gasteiger partial charge in [0, 0.05) is 13.2 Å². The van der Waals surface area contributed by atoms with Gasteiger partial charge in [-0.15, -0.1) is 0 Å². The van der Waals surface area contributed by atoms with Crippen LogP contribution in [0.2, 0.25) is 0 Å². The van der Waals surface area contributed by atoms with E-state index in [2.05, 4.69) is 23.9 Å². The van der Waals surface area contributed by atoms with Gasteiger partial charge < -0.3 is 9.64 Å². The van der Waals surface area contributed by atoms with Gasteiger partial charge in [0.05, 0.1) is 18.4 Å². The molecule has 0 spiro atoms. The van der Waals surface area contributed by atoms with Gasteiger partial charge in [-0.05, 0) is 12.5 Å². The van der Waals surface area contributed by atoms with E-state index in [1.165, 1.54) is 11.3 Å². The second kappa shape index (κ2) is 2.66. The Labute approximate surface area is 72.0 Å². The minimum absolute atomic E-state index is 0.759. The summed E-state index contributed by atoms with van der Waals surface area (Å²) < 4.78 is 5.47. The Hall–Kier alpha value is -1.25. The van der Waals surface area contributed by atoms with E-state index in [1.54, 1.807) is 6.20 Å². The van der Waals surface area contributed by atoms with E-state index in [0.717, 1.165) is 18.9 Å². The molecule has 0 radical (unpaired) electrons. The average Bonchev–Trinajstić information content (AvgIpc) is 2.04. The Kier molecular flexibility index (Phi) is 1.64. The van der Waals surface area contributed by atoms with Crippen LogP contribution in [0.3, 0.4) is 0 Å². The predicted molar refractivity (Wildman–Crippen MR) is 47.7 cm³/mol. The first-order valence-electron chi connectivity index (χ1n) is 4.07. The molecule has 2 heterocycles. The Balaban J connectivity index is 2.53. The van der Waals surface area contributed by atoms with Gasteiger partial charge in [-0.25, -0.2) is 0 Å². The SMILES string of the molecule is Cc1cncc2c1N(C)CCO2. The molecular formula is C9H12N2O. The van der Waals surface area contributed by atoms with E-state index in [1.807, 2.05) is 6.20 Å². The number of ether oxygens (including phenoxy) is 1. The van der Waals surface area contributed by atoms with Crippen molar-refractivity contribution in [3.05, 3.63) is 18.0 Å². The van der Waals surface area contributed by atoms with Crippen LogP contribution in [0.25, 0.3) is 0 Å².